The molecule has 3 heterocycles. The molecular formula is C23H15FN4O2. The minimum absolute atomic E-state index is 0.291. The fourth-order valence-corrected chi connectivity index (χ4v) is 3.31. The number of hydrogen-bond acceptors (Lipinski definition) is 4. The molecule has 3 aromatic heterocycles. The van der Waals surface area contributed by atoms with Gasteiger partial charge in [-0.3, -0.25) is 9.78 Å². The average Bonchev–Trinajstić information content (AvgIpc) is 3.47. The van der Waals surface area contributed by atoms with Gasteiger partial charge in [-0.15, -0.1) is 0 Å². The quantitative estimate of drug-likeness (QED) is 0.444. The van der Waals surface area contributed by atoms with Crippen molar-refractivity contribution in [1.82, 2.24) is 15.0 Å². The van der Waals surface area contributed by atoms with Crippen molar-refractivity contribution < 1.29 is 13.6 Å². The summed E-state index contributed by atoms with van der Waals surface area (Å²) in [6.07, 6.45) is 4.74. The van der Waals surface area contributed by atoms with Crippen molar-refractivity contribution in [1.29, 1.82) is 0 Å². The third-order valence-corrected chi connectivity index (χ3v) is 4.73. The van der Waals surface area contributed by atoms with E-state index in [2.05, 4.69) is 15.0 Å². The molecule has 2 aromatic carbocycles. The standard InChI is InChI=1S/C23H15FN4O2/c24-15-7-9-16(10-8-15)28(23-26-14-20(27-23)21-6-3-13-30-21)22(29)18-11-12-25-19-5-2-1-4-17(18)19/h1-14H,(H,26,27). The maximum Gasteiger partial charge on any atom is 0.265 e. The lowest BCUT2D eigenvalue weighted by atomic mass is 10.1. The molecule has 0 aliphatic heterocycles. The van der Waals surface area contributed by atoms with Crippen LogP contribution in [0, 0.1) is 5.82 Å². The second-order valence-electron chi connectivity index (χ2n) is 6.59. The number of rotatable bonds is 4. The molecule has 0 aliphatic carbocycles. The summed E-state index contributed by atoms with van der Waals surface area (Å²) < 4.78 is 18.9. The Kier molecular flexibility index (Phi) is 4.33. The number of hydrogen-bond donors (Lipinski definition) is 1. The summed E-state index contributed by atoms with van der Waals surface area (Å²) in [5.74, 6) is 0.172. The van der Waals surface area contributed by atoms with Crippen molar-refractivity contribution in [2.45, 2.75) is 0 Å². The van der Waals surface area contributed by atoms with Crippen molar-refractivity contribution >= 4 is 28.4 Å². The Labute approximate surface area is 170 Å². The predicted octanol–water partition coefficient (Wildman–Crippen LogP) is 5.34. The van der Waals surface area contributed by atoms with Gasteiger partial charge in [0.25, 0.3) is 5.91 Å². The van der Waals surface area contributed by atoms with Gasteiger partial charge >= 0.3 is 0 Å². The summed E-state index contributed by atoms with van der Waals surface area (Å²) in [5, 5.41) is 0.718. The first kappa shape index (κ1) is 17.8. The highest BCUT2D eigenvalue weighted by Crippen LogP contribution is 2.29. The second kappa shape index (κ2) is 7.29. The number of pyridine rings is 1. The molecule has 0 saturated heterocycles. The number of benzene rings is 2. The number of carbonyl (C=O) groups excluding carboxylic acids is 1. The number of nitrogens with one attached hydrogen (secondary N) is 1. The van der Waals surface area contributed by atoms with Gasteiger partial charge in [-0.2, -0.15) is 0 Å². The summed E-state index contributed by atoms with van der Waals surface area (Å²) in [5.41, 5.74) is 2.26. The van der Waals surface area contributed by atoms with Crippen LogP contribution in [0.25, 0.3) is 22.4 Å². The van der Waals surface area contributed by atoms with Crippen LogP contribution in [0.15, 0.2) is 89.8 Å². The zero-order valence-electron chi connectivity index (χ0n) is 15.6. The number of halogens is 1. The molecule has 0 fully saturated rings. The normalized spacial score (nSPS) is 11.0. The van der Waals surface area contributed by atoms with E-state index in [1.807, 2.05) is 24.3 Å². The molecule has 7 heteroatoms. The van der Waals surface area contributed by atoms with Crippen molar-refractivity contribution in [3.8, 4) is 11.5 Å². The minimum atomic E-state index is -0.392. The summed E-state index contributed by atoms with van der Waals surface area (Å²) in [7, 11) is 0. The highest BCUT2D eigenvalue weighted by molar-refractivity contribution is 6.16. The van der Waals surface area contributed by atoms with E-state index in [-0.39, 0.29) is 5.91 Å². The van der Waals surface area contributed by atoms with E-state index in [0.717, 1.165) is 5.39 Å². The highest BCUT2D eigenvalue weighted by Gasteiger charge is 2.24. The van der Waals surface area contributed by atoms with Crippen LogP contribution in [0.4, 0.5) is 16.0 Å². The Hall–Kier alpha value is -4.26. The molecule has 0 bridgehead atoms. The molecule has 0 saturated carbocycles. The van der Waals surface area contributed by atoms with Crippen LogP contribution >= 0.6 is 0 Å². The molecule has 0 unspecified atom stereocenters. The number of furan rings is 1. The van der Waals surface area contributed by atoms with Gasteiger partial charge in [0.05, 0.1) is 29.2 Å². The molecule has 30 heavy (non-hydrogen) atoms. The van der Waals surface area contributed by atoms with Crippen LogP contribution in [0.2, 0.25) is 0 Å². The molecule has 5 aromatic rings. The van der Waals surface area contributed by atoms with Crippen molar-refractivity contribution in [2.24, 2.45) is 0 Å². The van der Waals surface area contributed by atoms with Crippen LogP contribution in [-0.4, -0.2) is 20.9 Å². The lowest BCUT2D eigenvalue weighted by molar-refractivity contribution is 0.0999. The van der Waals surface area contributed by atoms with Gasteiger partial charge < -0.3 is 9.40 Å². The third kappa shape index (κ3) is 3.12. The summed E-state index contributed by atoms with van der Waals surface area (Å²) in [6.45, 7) is 0. The monoisotopic (exact) mass is 398 g/mol. The zero-order chi connectivity index (χ0) is 20.5. The molecule has 0 spiro atoms. The first-order chi connectivity index (χ1) is 14.7. The van der Waals surface area contributed by atoms with Gasteiger partial charge in [0, 0.05) is 11.6 Å². The van der Waals surface area contributed by atoms with Gasteiger partial charge in [0.1, 0.15) is 11.5 Å². The highest BCUT2D eigenvalue weighted by atomic mass is 19.1. The maximum absolute atomic E-state index is 13.7. The number of aromatic amines is 1. The molecule has 0 radical (unpaired) electrons. The van der Waals surface area contributed by atoms with Crippen molar-refractivity contribution in [3.05, 3.63) is 96.8 Å². The molecule has 1 N–H and O–H groups in total. The number of H-pyrrole nitrogens is 1. The topological polar surface area (TPSA) is 75.0 Å². The summed E-state index contributed by atoms with van der Waals surface area (Å²) >= 11 is 0. The van der Waals surface area contributed by atoms with Gasteiger partial charge in [-0.05, 0) is 48.5 Å². The molecule has 5 rings (SSSR count). The van der Waals surface area contributed by atoms with Crippen LogP contribution in [-0.2, 0) is 0 Å². The fraction of sp³-hybridized carbons (Fsp3) is 0. The van der Waals surface area contributed by atoms with E-state index in [9.17, 15) is 9.18 Å². The minimum Gasteiger partial charge on any atom is -0.463 e. The first-order valence-electron chi connectivity index (χ1n) is 9.23. The van der Waals surface area contributed by atoms with Gasteiger partial charge in [0.2, 0.25) is 5.95 Å². The van der Waals surface area contributed by atoms with E-state index >= 15 is 0 Å². The Balaban J connectivity index is 1.64. The van der Waals surface area contributed by atoms with E-state index in [4.69, 9.17) is 4.42 Å². The van der Waals surface area contributed by atoms with Crippen LogP contribution in [0.5, 0.6) is 0 Å². The number of fused-ring (bicyclic) bond motifs is 1. The average molecular weight is 398 g/mol. The van der Waals surface area contributed by atoms with E-state index in [1.54, 1.807) is 36.9 Å². The lowest BCUT2D eigenvalue weighted by Crippen LogP contribution is -2.27. The van der Waals surface area contributed by atoms with E-state index in [1.165, 1.54) is 29.2 Å². The third-order valence-electron chi connectivity index (χ3n) is 4.73. The molecule has 146 valence electrons. The smallest absolute Gasteiger partial charge is 0.265 e. The molecule has 1 amide bonds. The molecule has 0 aliphatic rings. The Morgan fingerprint density at radius 1 is 0.967 bits per heavy atom. The number of aromatic nitrogens is 3. The zero-order valence-corrected chi connectivity index (χ0v) is 15.6. The van der Waals surface area contributed by atoms with E-state index < -0.39 is 5.82 Å². The Morgan fingerprint density at radius 2 is 1.80 bits per heavy atom. The van der Waals surface area contributed by atoms with Crippen molar-refractivity contribution in [2.75, 3.05) is 4.90 Å². The number of para-hydroxylation sites is 1. The Bertz CT molecular complexity index is 1320. The first-order valence-corrected chi connectivity index (χ1v) is 9.23. The predicted molar refractivity (Wildman–Crippen MR) is 111 cm³/mol. The molecular weight excluding hydrogens is 383 g/mol. The van der Waals surface area contributed by atoms with Crippen LogP contribution < -0.4 is 4.90 Å². The second-order valence-corrected chi connectivity index (χ2v) is 6.59. The summed E-state index contributed by atoms with van der Waals surface area (Å²) in [4.78, 5) is 26.9. The van der Waals surface area contributed by atoms with Crippen molar-refractivity contribution in [3.63, 3.8) is 0 Å². The number of imidazole rings is 1. The van der Waals surface area contributed by atoms with Crippen LogP contribution in [0.1, 0.15) is 10.4 Å². The molecule has 0 atom stereocenters. The van der Waals surface area contributed by atoms with Crippen LogP contribution in [0.3, 0.4) is 0 Å². The summed E-state index contributed by atoms with van der Waals surface area (Å²) in [6, 6.07) is 18.3. The number of amides is 1. The fourth-order valence-electron chi connectivity index (χ4n) is 3.31. The SMILES string of the molecule is O=C(c1ccnc2ccccc12)N(c1ccc(F)cc1)c1ncc(-c2ccco2)[nH]1. The maximum atomic E-state index is 13.7. The van der Waals surface area contributed by atoms with Gasteiger partial charge in [-0.1, -0.05) is 18.2 Å². The Morgan fingerprint density at radius 3 is 2.60 bits per heavy atom. The molecule has 6 nitrogen and oxygen atoms in total. The largest absolute Gasteiger partial charge is 0.463 e. The van der Waals surface area contributed by atoms with Gasteiger partial charge in [-0.25, -0.2) is 14.3 Å². The number of nitrogens with zero attached hydrogens (tertiary/aromatic N) is 3. The van der Waals surface area contributed by atoms with E-state index in [0.29, 0.717) is 34.2 Å². The lowest BCUT2D eigenvalue weighted by Gasteiger charge is -2.21. The number of anilines is 2. The van der Waals surface area contributed by atoms with Gasteiger partial charge in [0.15, 0.2) is 5.76 Å². The number of carbonyl (C=O) groups is 1.